The van der Waals surface area contributed by atoms with Crippen LogP contribution in [0.15, 0.2) is 0 Å². The Hall–Kier alpha value is -1.30. The molecule has 2 fully saturated rings. The molecule has 1 amide bonds. The number of carbonyl (C=O) groups excluding carboxylic acids is 1. The molecule has 2 heterocycles. The first-order chi connectivity index (χ1) is 8.24. The summed E-state index contributed by atoms with van der Waals surface area (Å²) in [5.74, 6) is -0.973. The molecule has 2 saturated heterocycles. The number of likely N-dealkylation sites (tertiary alicyclic amines) is 1. The number of hydrogen-bond acceptors (Lipinski definition) is 4. The molecule has 18 heavy (non-hydrogen) atoms. The van der Waals surface area contributed by atoms with Crippen molar-refractivity contribution in [2.45, 2.75) is 50.9 Å². The van der Waals surface area contributed by atoms with Gasteiger partial charge in [-0.05, 0) is 20.8 Å². The van der Waals surface area contributed by atoms with Crippen LogP contribution in [0.4, 0.5) is 4.79 Å². The molecule has 6 heteroatoms. The van der Waals surface area contributed by atoms with E-state index >= 15 is 0 Å². The molecule has 0 spiro atoms. The molecule has 102 valence electrons. The Bertz CT molecular complexity index is 375. The largest absolute Gasteiger partial charge is 0.479 e. The van der Waals surface area contributed by atoms with Crippen molar-refractivity contribution in [1.29, 1.82) is 0 Å². The van der Waals surface area contributed by atoms with Gasteiger partial charge in [0.25, 0.3) is 0 Å². The van der Waals surface area contributed by atoms with Gasteiger partial charge >= 0.3 is 12.1 Å². The molecule has 2 bridgehead atoms. The Kier molecular flexibility index (Phi) is 3.01. The van der Waals surface area contributed by atoms with Gasteiger partial charge in [-0.15, -0.1) is 0 Å². The van der Waals surface area contributed by atoms with Crippen molar-refractivity contribution >= 4 is 12.1 Å². The lowest BCUT2D eigenvalue weighted by molar-refractivity contribution is -0.152. The van der Waals surface area contributed by atoms with Crippen LogP contribution in [0.5, 0.6) is 0 Å². The van der Waals surface area contributed by atoms with Crippen LogP contribution in [0.3, 0.4) is 0 Å². The molecule has 0 unspecified atom stereocenters. The first-order valence-corrected chi connectivity index (χ1v) is 6.10. The van der Waals surface area contributed by atoms with Crippen molar-refractivity contribution < 1.29 is 24.2 Å². The van der Waals surface area contributed by atoms with E-state index in [0.717, 1.165) is 0 Å². The maximum atomic E-state index is 12.1. The number of hydrogen-bond donors (Lipinski definition) is 1. The molecule has 0 aliphatic carbocycles. The first kappa shape index (κ1) is 13.1. The third-order valence-corrected chi connectivity index (χ3v) is 3.35. The molecule has 0 aromatic heterocycles. The Morgan fingerprint density at radius 1 is 1.44 bits per heavy atom. The second-order valence-electron chi connectivity index (χ2n) is 5.87. The van der Waals surface area contributed by atoms with E-state index in [2.05, 4.69) is 0 Å². The maximum Gasteiger partial charge on any atom is 0.411 e. The van der Waals surface area contributed by atoms with E-state index in [1.807, 2.05) is 0 Å². The zero-order chi connectivity index (χ0) is 13.6. The normalized spacial score (nSPS) is 31.3. The van der Waals surface area contributed by atoms with Crippen LogP contribution >= 0.6 is 0 Å². The zero-order valence-electron chi connectivity index (χ0n) is 10.9. The van der Waals surface area contributed by atoms with Crippen LogP contribution in [0.1, 0.15) is 33.6 Å². The fourth-order valence-corrected chi connectivity index (χ4v) is 2.55. The lowest BCUT2D eigenvalue weighted by Gasteiger charge is -2.35. The first-order valence-electron chi connectivity index (χ1n) is 6.10. The Morgan fingerprint density at radius 3 is 2.67 bits per heavy atom. The van der Waals surface area contributed by atoms with E-state index in [-0.39, 0.29) is 6.10 Å². The number of carboxylic acid groups (broad SMARTS) is 1. The summed E-state index contributed by atoms with van der Waals surface area (Å²) < 4.78 is 10.7. The summed E-state index contributed by atoms with van der Waals surface area (Å²) in [6.45, 7) is 5.95. The molecule has 2 rings (SSSR count). The number of carbonyl (C=O) groups is 2. The SMILES string of the molecule is CC(C)(C)OC(=O)N1C[C@@H]2C[C@@]1(C(=O)O)CCO2. The number of carboxylic acids is 1. The molecular formula is C12H19NO5. The summed E-state index contributed by atoms with van der Waals surface area (Å²) >= 11 is 0. The zero-order valence-corrected chi connectivity index (χ0v) is 10.9. The molecule has 1 N–H and O–H groups in total. The third-order valence-electron chi connectivity index (χ3n) is 3.35. The molecule has 6 nitrogen and oxygen atoms in total. The van der Waals surface area contributed by atoms with Crippen molar-refractivity contribution in [2.24, 2.45) is 0 Å². The molecule has 0 saturated carbocycles. The van der Waals surface area contributed by atoms with Crippen LogP contribution in [0, 0.1) is 0 Å². The summed E-state index contributed by atoms with van der Waals surface area (Å²) in [6, 6.07) is 0. The van der Waals surface area contributed by atoms with Crippen molar-refractivity contribution in [3.8, 4) is 0 Å². The van der Waals surface area contributed by atoms with E-state index in [4.69, 9.17) is 9.47 Å². The third kappa shape index (κ3) is 2.16. The Labute approximate surface area is 106 Å². The van der Waals surface area contributed by atoms with Gasteiger partial charge in [-0.2, -0.15) is 0 Å². The average molecular weight is 257 g/mol. The van der Waals surface area contributed by atoms with E-state index in [1.165, 1.54) is 4.90 Å². The number of ether oxygens (including phenoxy) is 2. The summed E-state index contributed by atoms with van der Waals surface area (Å²) in [6.07, 6.45) is -0.0973. The van der Waals surface area contributed by atoms with Gasteiger partial charge in [0, 0.05) is 19.4 Å². The molecule has 0 radical (unpaired) electrons. The van der Waals surface area contributed by atoms with Gasteiger partial charge in [0.15, 0.2) is 0 Å². The monoisotopic (exact) mass is 257 g/mol. The van der Waals surface area contributed by atoms with Gasteiger partial charge in [0.05, 0.1) is 12.6 Å². The number of rotatable bonds is 1. The summed E-state index contributed by atoms with van der Waals surface area (Å²) in [4.78, 5) is 24.9. The minimum absolute atomic E-state index is 0.192. The minimum Gasteiger partial charge on any atom is -0.479 e. The Morgan fingerprint density at radius 2 is 2.11 bits per heavy atom. The average Bonchev–Trinajstić information content (AvgIpc) is 2.49. The molecule has 0 aromatic carbocycles. The topological polar surface area (TPSA) is 76.1 Å². The molecule has 0 aromatic rings. The smallest absolute Gasteiger partial charge is 0.411 e. The predicted molar refractivity (Wildman–Crippen MR) is 62.3 cm³/mol. The molecule has 2 aliphatic heterocycles. The second kappa shape index (κ2) is 4.12. The van der Waals surface area contributed by atoms with E-state index in [9.17, 15) is 14.7 Å². The van der Waals surface area contributed by atoms with Gasteiger partial charge in [-0.25, -0.2) is 9.59 Å². The summed E-state index contributed by atoms with van der Waals surface area (Å²) in [5, 5.41) is 9.43. The minimum atomic E-state index is -1.15. The molecule has 2 aliphatic rings. The highest BCUT2D eigenvalue weighted by Crippen LogP contribution is 2.39. The van der Waals surface area contributed by atoms with Gasteiger partial charge < -0.3 is 14.6 Å². The quantitative estimate of drug-likeness (QED) is 0.764. The number of aliphatic carboxylic acids is 1. The standard InChI is InChI=1S/C12H19NO5/c1-11(2,3)18-10(16)13-7-8-6-12(13,9(14)15)4-5-17-8/h8H,4-7H2,1-3H3,(H,14,15)/t8-,12+/m0/s1. The summed E-state index contributed by atoms with van der Waals surface area (Å²) in [5.41, 5.74) is -1.78. The molecule has 2 atom stereocenters. The predicted octanol–water partition coefficient (Wildman–Crippen LogP) is 1.24. The number of amides is 1. The van der Waals surface area contributed by atoms with E-state index in [0.29, 0.717) is 26.0 Å². The van der Waals surface area contributed by atoms with Gasteiger partial charge in [0.2, 0.25) is 0 Å². The van der Waals surface area contributed by atoms with Crippen molar-refractivity contribution in [3.05, 3.63) is 0 Å². The highest BCUT2D eigenvalue weighted by Gasteiger charge is 2.57. The van der Waals surface area contributed by atoms with Crippen LogP contribution in [0.25, 0.3) is 0 Å². The van der Waals surface area contributed by atoms with Crippen molar-refractivity contribution in [2.75, 3.05) is 13.2 Å². The van der Waals surface area contributed by atoms with Crippen molar-refractivity contribution in [1.82, 2.24) is 4.90 Å². The lowest BCUT2D eigenvalue weighted by Crippen LogP contribution is -2.54. The van der Waals surface area contributed by atoms with E-state index in [1.54, 1.807) is 20.8 Å². The highest BCUT2D eigenvalue weighted by atomic mass is 16.6. The van der Waals surface area contributed by atoms with Crippen LogP contribution in [-0.2, 0) is 14.3 Å². The van der Waals surface area contributed by atoms with Crippen LogP contribution in [-0.4, -0.2) is 52.5 Å². The lowest BCUT2D eigenvalue weighted by atomic mass is 9.90. The highest BCUT2D eigenvalue weighted by molar-refractivity contribution is 5.85. The maximum absolute atomic E-state index is 12.1. The van der Waals surface area contributed by atoms with Crippen LogP contribution < -0.4 is 0 Å². The number of fused-ring (bicyclic) bond motifs is 2. The fraction of sp³-hybridized carbons (Fsp3) is 0.833. The Balaban J connectivity index is 2.21. The number of nitrogens with zero attached hydrogens (tertiary/aromatic N) is 1. The van der Waals surface area contributed by atoms with Gasteiger partial charge in [0.1, 0.15) is 11.1 Å². The fourth-order valence-electron chi connectivity index (χ4n) is 2.55. The summed E-state index contributed by atoms with van der Waals surface area (Å²) in [7, 11) is 0. The van der Waals surface area contributed by atoms with Gasteiger partial charge in [-0.3, -0.25) is 4.90 Å². The van der Waals surface area contributed by atoms with E-state index < -0.39 is 23.2 Å². The molecular weight excluding hydrogens is 238 g/mol. The van der Waals surface area contributed by atoms with Crippen LogP contribution in [0.2, 0.25) is 0 Å². The van der Waals surface area contributed by atoms with Crippen molar-refractivity contribution in [3.63, 3.8) is 0 Å². The second-order valence-corrected chi connectivity index (χ2v) is 5.87. The van der Waals surface area contributed by atoms with Gasteiger partial charge in [-0.1, -0.05) is 0 Å².